The third-order valence-electron chi connectivity index (χ3n) is 3.67. The third-order valence-corrected chi connectivity index (χ3v) is 5.03. The minimum absolute atomic E-state index is 0.257. The summed E-state index contributed by atoms with van der Waals surface area (Å²) in [5.41, 5.74) is 2.45. The van der Waals surface area contributed by atoms with Gasteiger partial charge in [-0.3, -0.25) is 4.72 Å². The predicted octanol–water partition coefficient (Wildman–Crippen LogP) is 2.85. The van der Waals surface area contributed by atoms with Gasteiger partial charge in [0.1, 0.15) is 5.75 Å². The fourth-order valence-corrected chi connectivity index (χ4v) is 3.75. The van der Waals surface area contributed by atoms with E-state index in [1.165, 1.54) is 7.11 Å². The van der Waals surface area contributed by atoms with E-state index in [9.17, 15) is 8.42 Å². The van der Waals surface area contributed by atoms with E-state index < -0.39 is 10.0 Å². The summed E-state index contributed by atoms with van der Waals surface area (Å²) >= 11 is 0. The van der Waals surface area contributed by atoms with Gasteiger partial charge in [-0.05, 0) is 49.2 Å². The number of fused-ring (bicyclic) bond motifs is 1. The highest BCUT2D eigenvalue weighted by atomic mass is 32.2. The Morgan fingerprint density at radius 3 is 2.77 bits per heavy atom. The monoisotopic (exact) mass is 318 g/mol. The zero-order valence-electron chi connectivity index (χ0n) is 12.5. The maximum atomic E-state index is 12.6. The standard InChI is InChI=1S/C16H18N2O3S/c1-11-9-12-10-13(7-8-14(12)17-11)22(19,20)18-15-5-3-4-6-16(15)21-2/h3-8,10-11,17-18H,9H2,1-2H3. The number of nitrogens with one attached hydrogen (secondary N) is 2. The van der Waals surface area contributed by atoms with E-state index in [1.807, 2.05) is 6.07 Å². The molecule has 5 nitrogen and oxygen atoms in total. The zero-order chi connectivity index (χ0) is 15.7. The van der Waals surface area contributed by atoms with Crippen LogP contribution in [0.2, 0.25) is 0 Å². The minimum atomic E-state index is -3.64. The highest BCUT2D eigenvalue weighted by molar-refractivity contribution is 7.92. The van der Waals surface area contributed by atoms with Crippen molar-refractivity contribution < 1.29 is 13.2 Å². The molecule has 0 fully saturated rings. The maximum absolute atomic E-state index is 12.6. The van der Waals surface area contributed by atoms with E-state index >= 15 is 0 Å². The number of hydrogen-bond acceptors (Lipinski definition) is 4. The topological polar surface area (TPSA) is 67.4 Å². The lowest BCUT2D eigenvalue weighted by Crippen LogP contribution is -2.13. The quantitative estimate of drug-likeness (QED) is 0.909. The molecule has 2 N–H and O–H groups in total. The first-order valence-corrected chi connectivity index (χ1v) is 8.53. The molecule has 2 aromatic rings. The van der Waals surface area contributed by atoms with Crippen LogP contribution in [-0.4, -0.2) is 21.6 Å². The van der Waals surface area contributed by atoms with Crippen molar-refractivity contribution in [3.63, 3.8) is 0 Å². The molecule has 0 amide bonds. The summed E-state index contributed by atoms with van der Waals surface area (Å²) < 4.78 is 32.9. The fraction of sp³-hybridized carbons (Fsp3) is 0.250. The lowest BCUT2D eigenvalue weighted by Gasteiger charge is -2.12. The molecule has 0 saturated carbocycles. The second-order valence-electron chi connectivity index (χ2n) is 5.37. The van der Waals surface area contributed by atoms with Gasteiger partial charge in [-0.25, -0.2) is 8.42 Å². The molecule has 0 aromatic heterocycles. The van der Waals surface area contributed by atoms with Crippen LogP contribution in [0, 0.1) is 0 Å². The van der Waals surface area contributed by atoms with E-state index in [-0.39, 0.29) is 4.90 Å². The van der Waals surface area contributed by atoms with Gasteiger partial charge in [0.2, 0.25) is 0 Å². The number of methoxy groups -OCH3 is 1. The average Bonchev–Trinajstić information content (AvgIpc) is 2.86. The van der Waals surface area contributed by atoms with Crippen LogP contribution in [0.25, 0.3) is 0 Å². The molecule has 1 atom stereocenters. The molecule has 0 bridgehead atoms. The molecule has 3 rings (SSSR count). The molecule has 22 heavy (non-hydrogen) atoms. The fourth-order valence-electron chi connectivity index (χ4n) is 2.63. The summed E-state index contributed by atoms with van der Waals surface area (Å²) in [4.78, 5) is 0.257. The number of sulfonamides is 1. The molecule has 0 spiro atoms. The van der Waals surface area contributed by atoms with Gasteiger partial charge in [-0.1, -0.05) is 12.1 Å². The molecule has 1 aliphatic heterocycles. The third kappa shape index (κ3) is 2.74. The van der Waals surface area contributed by atoms with Crippen LogP contribution in [0.4, 0.5) is 11.4 Å². The maximum Gasteiger partial charge on any atom is 0.262 e. The van der Waals surface area contributed by atoms with Crippen molar-refractivity contribution in [2.24, 2.45) is 0 Å². The second kappa shape index (κ2) is 5.53. The molecule has 2 aromatic carbocycles. The molecule has 1 unspecified atom stereocenters. The van der Waals surface area contributed by atoms with Gasteiger partial charge in [0, 0.05) is 11.7 Å². The van der Waals surface area contributed by atoms with Crippen molar-refractivity contribution >= 4 is 21.4 Å². The Balaban J connectivity index is 1.92. The molecule has 116 valence electrons. The minimum Gasteiger partial charge on any atom is -0.495 e. The zero-order valence-corrected chi connectivity index (χ0v) is 13.3. The Morgan fingerprint density at radius 1 is 1.23 bits per heavy atom. The van der Waals surface area contributed by atoms with E-state index in [4.69, 9.17) is 4.74 Å². The van der Waals surface area contributed by atoms with Crippen LogP contribution < -0.4 is 14.8 Å². The van der Waals surface area contributed by atoms with Gasteiger partial charge in [0.25, 0.3) is 10.0 Å². The average molecular weight is 318 g/mol. The van der Waals surface area contributed by atoms with Crippen molar-refractivity contribution in [1.29, 1.82) is 0 Å². The van der Waals surface area contributed by atoms with Crippen molar-refractivity contribution in [3.8, 4) is 5.75 Å². The Hall–Kier alpha value is -2.21. The molecule has 0 radical (unpaired) electrons. The molecular weight excluding hydrogens is 300 g/mol. The number of ether oxygens (including phenoxy) is 1. The number of hydrogen-bond donors (Lipinski definition) is 2. The van der Waals surface area contributed by atoms with E-state index in [0.717, 1.165) is 17.7 Å². The van der Waals surface area contributed by atoms with Crippen molar-refractivity contribution in [2.75, 3.05) is 17.1 Å². The summed E-state index contributed by atoms with van der Waals surface area (Å²) in [6, 6.07) is 12.4. The van der Waals surface area contributed by atoms with E-state index in [2.05, 4.69) is 17.0 Å². The second-order valence-corrected chi connectivity index (χ2v) is 7.06. The molecule has 6 heteroatoms. The highest BCUT2D eigenvalue weighted by Crippen LogP contribution is 2.30. The largest absolute Gasteiger partial charge is 0.495 e. The normalized spacial score (nSPS) is 16.7. The van der Waals surface area contributed by atoms with Gasteiger partial charge in [-0.2, -0.15) is 0 Å². The number of anilines is 2. The number of para-hydroxylation sites is 2. The van der Waals surface area contributed by atoms with Crippen molar-refractivity contribution in [1.82, 2.24) is 0 Å². The highest BCUT2D eigenvalue weighted by Gasteiger charge is 2.22. The van der Waals surface area contributed by atoms with Gasteiger partial charge in [-0.15, -0.1) is 0 Å². The van der Waals surface area contributed by atoms with Crippen molar-refractivity contribution in [3.05, 3.63) is 48.0 Å². The van der Waals surface area contributed by atoms with E-state index in [0.29, 0.717) is 17.5 Å². The summed E-state index contributed by atoms with van der Waals surface area (Å²) in [5.74, 6) is 0.488. The lowest BCUT2D eigenvalue weighted by atomic mass is 10.1. The molecule has 0 aliphatic carbocycles. The van der Waals surface area contributed by atoms with Crippen LogP contribution in [0.5, 0.6) is 5.75 Å². The van der Waals surface area contributed by atoms with Gasteiger partial charge in [0.05, 0.1) is 17.7 Å². The Kier molecular flexibility index (Phi) is 3.70. The smallest absolute Gasteiger partial charge is 0.262 e. The summed E-state index contributed by atoms with van der Waals surface area (Å²) in [6.45, 7) is 2.07. The Bertz CT molecular complexity index is 803. The Morgan fingerprint density at radius 2 is 2.00 bits per heavy atom. The van der Waals surface area contributed by atoms with Crippen LogP contribution in [0.3, 0.4) is 0 Å². The number of benzene rings is 2. The molecule has 0 saturated heterocycles. The molecular formula is C16H18N2O3S. The van der Waals surface area contributed by atoms with E-state index in [1.54, 1.807) is 36.4 Å². The predicted molar refractivity (Wildman–Crippen MR) is 87.0 cm³/mol. The first kappa shape index (κ1) is 14.7. The van der Waals surface area contributed by atoms with Crippen LogP contribution in [0.15, 0.2) is 47.4 Å². The van der Waals surface area contributed by atoms with Crippen molar-refractivity contribution in [2.45, 2.75) is 24.3 Å². The summed E-state index contributed by atoms with van der Waals surface area (Å²) in [6.07, 6.45) is 0.827. The molecule has 1 heterocycles. The van der Waals surface area contributed by atoms with Crippen LogP contribution >= 0.6 is 0 Å². The van der Waals surface area contributed by atoms with Crippen LogP contribution in [-0.2, 0) is 16.4 Å². The lowest BCUT2D eigenvalue weighted by molar-refractivity contribution is 0.417. The van der Waals surface area contributed by atoms with Gasteiger partial charge >= 0.3 is 0 Å². The number of rotatable bonds is 4. The first-order chi connectivity index (χ1) is 10.5. The van der Waals surface area contributed by atoms with Gasteiger partial charge in [0.15, 0.2) is 0 Å². The summed E-state index contributed by atoms with van der Waals surface area (Å²) in [7, 11) is -2.13. The van der Waals surface area contributed by atoms with Crippen LogP contribution in [0.1, 0.15) is 12.5 Å². The van der Waals surface area contributed by atoms with Gasteiger partial charge < -0.3 is 10.1 Å². The summed E-state index contributed by atoms with van der Waals surface area (Å²) in [5, 5.41) is 3.31. The first-order valence-electron chi connectivity index (χ1n) is 7.05. The SMILES string of the molecule is COc1ccccc1NS(=O)(=O)c1ccc2c(c1)CC(C)N2. The Labute approximate surface area is 130 Å². The molecule has 1 aliphatic rings.